The number of aromatic nitrogens is 1. The molecule has 0 N–H and O–H groups in total. The number of benzene rings is 1. The van der Waals surface area contributed by atoms with Gasteiger partial charge in [0.15, 0.2) is 0 Å². The van der Waals surface area contributed by atoms with Crippen LogP contribution in [0.2, 0.25) is 25.1 Å². The van der Waals surface area contributed by atoms with E-state index < -0.39 is 5.97 Å². The van der Waals surface area contributed by atoms with Gasteiger partial charge in [0.1, 0.15) is 0 Å². The highest BCUT2D eigenvalue weighted by Gasteiger charge is 2.24. The van der Waals surface area contributed by atoms with Crippen molar-refractivity contribution in [1.82, 2.24) is 4.98 Å². The van der Waals surface area contributed by atoms with Gasteiger partial charge in [0, 0.05) is 23.5 Å². The summed E-state index contributed by atoms with van der Waals surface area (Å²) in [6.45, 7) is 0. The van der Waals surface area contributed by atoms with Crippen LogP contribution in [0.5, 0.6) is 0 Å². The van der Waals surface area contributed by atoms with Crippen LogP contribution in [0.15, 0.2) is 18.5 Å². The lowest BCUT2D eigenvalue weighted by Gasteiger charge is -2.14. The zero-order valence-corrected chi connectivity index (χ0v) is 14.2. The summed E-state index contributed by atoms with van der Waals surface area (Å²) in [6.07, 6.45) is 2.86. The Balaban J connectivity index is 2.83. The van der Waals surface area contributed by atoms with Crippen LogP contribution in [0.3, 0.4) is 0 Å². The first kappa shape index (κ1) is 16.7. The molecule has 1 aromatic carbocycles. The molecular weight excluding hydrogens is 379 g/mol. The van der Waals surface area contributed by atoms with Gasteiger partial charge >= 0.3 is 5.97 Å². The van der Waals surface area contributed by atoms with Gasteiger partial charge in [0.05, 0.1) is 37.8 Å². The van der Waals surface area contributed by atoms with Gasteiger partial charge in [-0.25, -0.2) is 4.79 Å². The monoisotopic (exact) mass is 383 g/mol. The van der Waals surface area contributed by atoms with Gasteiger partial charge in [-0.1, -0.05) is 58.0 Å². The molecule has 0 aliphatic heterocycles. The summed E-state index contributed by atoms with van der Waals surface area (Å²) in [5.74, 6) is -0.568. The lowest BCUT2D eigenvalue weighted by Crippen LogP contribution is -2.04. The van der Waals surface area contributed by atoms with Crippen molar-refractivity contribution in [3.05, 3.63) is 49.1 Å². The summed E-state index contributed by atoms with van der Waals surface area (Å²) in [5.41, 5.74) is 0.844. The van der Waals surface area contributed by atoms with E-state index in [-0.39, 0.29) is 36.2 Å². The van der Waals surface area contributed by atoms with E-state index in [2.05, 4.69) is 4.98 Å². The number of methoxy groups -OCH3 is 1. The topological polar surface area (TPSA) is 39.2 Å². The average molecular weight is 385 g/mol. The molecule has 0 aliphatic rings. The molecule has 2 aromatic rings. The van der Waals surface area contributed by atoms with Gasteiger partial charge in [-0.3, -0.25) is 4.98 Å². The van der Waals surface area contributed by atoms with E-state index in [1.54, 1.807) is 0 Å². The van der Waals surface area contributed by atoms with Crippen molar-refractivity contribution in [2.24, 2.45) is 0 Å². The fourth-order valence-corrected chi connectivity index (χ4v) is 3.06. The molecule has 0 aliphatic carbocycles. The Kier molecular flexibility index (Phi) is 5.23. The first-order valence-electron chi connectivity index (χ1n) is 5.44. The molecule has 1 aromatic heterocycles. The molecule has 0 fully saturated rings. The Morgan fingerprint density at radius 3 is 2.05 bits per heavy atom. The molecule has 8 heteroatoms. The van der Waals surface area contributed by atoms with Crippen LogP contribution in [0.1, 0.15) is 10.4 Å². The Morgan fingerprint density at radius 2 is 1.52 bits per heavy atom. The first-order chi connectivity index (χ1) is 9.90. The second-order valence-corrected chi connectivity index (χ2v) is 5.75. The number of pyridine rings is 1. The molecule has 0 atom stereocenters. The number of hydrogen-bond donors (Lipinski definition) is 0. The summed E-state index contributed by atoms with van der Waals surface area (Å²) in [4.78, 5) is 15.8. The van der Waals surface area contributed by atoms with Gasteiger partial charge in [0.25, 0.3) is 0 Å². The fourth-order valence-electron chi connectivity index (χ4n) is 1.72. The maximum atomic E-state index is 11.8. The van der Waals surface area contributed by atoms with E-state index in [0.29, 0.717) is 5.56 Å². The van der Waals surface area contributed by atoms with E-state index >= 15 is 0 Å². The number of ether oxygens (including phenoxy) is 1. The number of rotatable bonds is 2. The number of esters is 1. The SMILES string of the molecule is COC(=O)c1ccncc1-c1c(Cl)c(Cl)c(Cl)c(Cl)c1Cl. The molecule has 0 radical (unpaired) electrons. The summed E-state index contributed by atoms with van der Waals surface area (Å²) < 4.78 is 4.72. The summed E-state index contributed by atoms with van der Waals surface area (Å²) >= 11 is 30.4. The van der Waals surface area contributed by atoms with Crippen LogP contribution in [0.25, 0.3) is 11.1 Å². The zero-order chi connectivity index (χ0) is 15.7. The predicted octanol–water partition coefficient (Wildman–Crippen LogP) is 5.80. The standard InChI is InChI=1S/C13H6Cl5NO2/c1-21-13(20)5-2-3-19-4-6(5)7-8(14)10(16)12(18)11(17)9(7)15/h2-4H,1H3. The van der Waals surface area contributed by atoms with E-state index in [1.165, 1.54) is 25.6 Å². The van der Waals surface area contributed by atoms with Crippen molar-refractivity contribution in [3.8, 4) is 11.1 Å². The van der Waals surface area contributed by atoms with Crippen LogP contribution in [-0.2, 0) is 4.74 Å². The molecule has 0 amide bonds. The third kappa shape index (κ3) is 2.94. The quantitative estimate of drug-likeness (QED) is 0.372. The van der Waals surface area contributed by atoms with Crippen LogP contribution in [0.4, 0.5) is 0 Å². The molecule has 0 saturated heterocycles. The molecule has 3 nitrogen and oxygen atoms in total. The van der Waals surface area contributed by atoms with E-state index in [1.807, 2.05) is 0 Å². The second-order valence-electron chi connectivity index (χ2n) is 3.86. The number of halogens is 5. The van der Waals surface area contributed by atoms with Crippen LogP contribution >= 0.6 is 58.0 Å². The van der Waals surface area contributed by atoms with E-state index in [4.69, 9.17) is 62.7 Å². The highest BCUT2D eigenvalue weighted by atomic mass is 35.5. The number of nitrogens with zero attached hydrogens (tertiary/aromatic N) is 1. The van der Waals surface area contributed by atoms with Crippen molar-refractivity contribution in [3.63, 3.8) is 0 Å². The molecule has 0 spiro atoms. The first-order valence-corrected chi connectivity index (χ1v) is 7.33. The van der Waals surface area contributed by atoms with Gasteiger partial charge < -0.3 is 4.74 Å². The highest BCUT2D eigenvalue weighted by Crippen LogP contribution is 2.48. The molecule has 0 unspecified atom stereocenters. The minimum absolute atomic E-state index is 0.0422. The smallest absolute Gasteiger partial charge is 0.338 e. The van der Waals surface area contributed by atoms with Gasteiger partial charge in [-0.05, 0) is 6.07 Å². The minimum Gasteiger partial charge on any atom is -0.465 e. The lowest BCUT2D eigenvalue weighted by atomic mass is 10.0. The Morgan fingerprint density at radius 1 is 1.00 bits per heavy atom. The maximum absolute atomic E-state index is 11.8. The average Bonchev–Trinajstić information content (AvgIpc) is 2.51. The van der Waals surface area contributed by atoms with Crippen LogP contribution < -0.4 is 0 Å². The molecular formula is C13H6Cl5NO2. The van der Waals surface area contributed by atoms with Crippen molar-refractivity contribution >= 4 is 64.0 Å². The van der Waals surface area contributed by atoms with E-state index in [0.717, 1.165) is 0 Å². The Bertz CT molecular complexity index is 704. The molecule has 2 rings (SSSR count). The largest absolute Gasteiger partial charge is 0.465 e. The maximum Gasteiger partial charge on any atom is 0.338 e. The Hall–Kier alpha value is -0.710. The lowest BCUT2D eigenvalue weighted by molar-refractivity contribution is 0.0601. The number of carbonyl (C=O) groups is 1. The number of carbonyl (C=O) groups excluding carboxylic acids is 1. The zero-order valence-electron chi connectivity index (χ0n) is 10.4. The van der Waals surface area contributed by atoms with Crippen molar-refractivity contribution in [2.75, 3.05) is 7.11 Å². The van der Waals surface area contributed by atoms with Crippen molar-refractivity contribution in [2.45, 2.75) is 0 Å². The summed E-state index contributed by atoms with van der Waals surface area (Å²) in [7, 11) is 1.26. The van der Waals surface area contributed by atoms with Gasteiger partial charge in [-0.15, -0.1) is 0 Å². The molecule has 0 bridgehead atoms. The van der Waals surface area contributed by atoms with Gasteiger partial charge in [-0.2, -0.15) is 0 Å². The van der Waals surface area contributed by atoms with Crippen LogP contribution in [0, 0.1) is 0 Å². The molecule has 0 saturated carbocycles. The predicted molar refractivity (Wildman–Crippen MR) is 86.1 cm³/mol. The summed E-state index contributed by atoms with van der Waals surface area (Å²) in [6, 6.07) is 1.48. The third-order valence-electron chi connectivity index (χ3n) is 2.71. The molecule has 1 heterocycles. The normalized spacial score (nSPS) is 10.6. The minimum atomic E-state index is -0.568. The van der Waals surface area contributed by atoms with Crippen molar-refractivity contribution in [1.29, 1.82) is 0 Å². The second kappa shape index (κ2) is 6.59. The molecule has 110 valence electrons. The van der Waals surface area contributed by atoms with Crippen molar-refractivity contribution < 1.29 is 9.53 Å². The van der Waals surface area contributed by atoms with Crippen LogP contribution in [-0.4, -0.2) is 18.1 Å². The molecule has 21 heavy (non-hydrogen) atoms. The number of hydrogen-bond acceptors (Lipinski definition) is 3. The highest BCUT2D eigenvalue weighted by molar-refractivity contribution is 6.56. The Labute approximate surface area is 145 Å². The third-order valence-corrected chi connectivity index (χ3v) is 4.98. The summed E-state index contributed by atoms with van der Waals surface area (Å²) in [5, 5.41) is 0.286. The van der Waals surface area contributed by atoms with E-state index in [9.17, 15) is 4.79 Å². The fraction of sp³-hybridized carbons (Fsp3) is 0.0769. The van der Waals surface area contributed by atoms with Gasteiger partial charge in [0.2, 0.25) is 0 Å².